The van der Waals surface area contributed by atoms with E-state index >= 15 is 0 Å². The second-order valence-corrected chi connectivity index (χ2v) is 5.58. The number of carbonyl (C=O) groups excluding carboxylic acids is 2. The number of anilines is 1. The third-order valence-corrected chi connectivity index (χ3v) is 4.00. The molecule has 1 fully saturated rings. The first-order valence-electron chi connectivity index (χ1n) is 7.66. The van der Waals surface area contributed by atoms with Crippen molar-refractivity contribution in [2.45, 2.75) is 32.4 Å². The fourth-order valence-electron chi connectivity index (χ4n) is 2.59. The minimum atomic E-state index is -0.404. The van der Waals surface area contributed by atoms with Crippen molar-refractivity contribution in [2.75, 3.05) is 11.4 Å². The molecule has 3 rings (SSSR count). The van der Waals surface area contributed by atoms with Crippen LogP contribution in [0.1, 0.15) is 31.4 Å². The van der Waals surface area contributed by atoms with Crippen LogP contribution < -0.4 is 10.2 Å². The third kappa shape index (κ3) is 3.39. The average Bonchev–Trinajstić information content (AvgIpc) is 3.24. The number of hydrogen-bond donors (Lipinski definition) is 1. The van der Waals surface area contributed by atoms with Gasteiger partial charge in [-0.15, -0.1) is 0 Å². The molecular formula is C16H19N5O2. The van der Waals surface area contributed by atoms with Crippen LogP contribution in [0.15, 0.2) is 36.9 Å². The Morgan fingerprint density at radius 1 is 1.35 bits per heavy atom. The number of benzene rings is 1. The first-order valence-corrected chi connectivity index (χ1v) is 7.66. The van der Waals surface area contributed by atoms with Gasteiger partial charge in [-0.05, 0) is 31.0 Å². The van der Waals surface area contributed by atoms with Crippen LogP contribution in [0.2, 0.25) is 0 Å². The summed E-state index contributed by atoms with van der Waals surface area (Å²) in [6.45, 7) is 2.99. The predicted octanol–water partition coefficient (Wildman–Crippen LogP) is 1.28. The summed E-state index contributed by atoms with van der Waals surface area (Å²) in [6.07, 6.45) is 4.46. The molecule has 0 aliphatic carbocycles. The van der Waals surface area contributed by atoms with Gasteiger partial charge in [0.1, 0.15) is 18.7 Å². The molecule has 1 aliphatic heterocycles. The summed E-state index contributed by atoms with van der Waals surface area (Å²) in [5.41, 5.74) is 1.90. The van der Waals surface area contributed by atoms with Crippen LogP contribution in [-0.2, 0) is 16.1 Å². The van der Waals surface area contributed by atoms with Crippen LogP contribution in [0.5, 0.6) is 0 Å². The summed E-state index contributed by atoms with van der Waals surface area (Å²) >= 11 is 0. The van der Waals surface area contributed by atoms with Gasteiger partial charge in [-0.1, -0.05) is 12.1 Å². The highest BCUT2D eigenvalue weighted by Gasteiger charge is 2.21. The van der Waals surface area contributed by atoms with Gasteiger partial charge in [0.15, 0.2) is 0 Å². The summed E-state index contributed by atoms with van der Waals surface area (Å²) in [5.74, 6) is 0.0574. The molecule has 0 bridgehead atoms. The van der Waals surface area contributed by atoms with E-state index < -0.39 is 6.04 Å². The lowest BCUT2D eigenvalue weighted by atomic mass is 10.2. The van der Waals surface area contributed by atoms with Gasteiger partial charge < -0.3 is 10.2 Å². The first-order chi connectivity index (χ1) is 11.1. The molecule has 23 heavy (non-hydrogen) atoms. The van der Waals surface area contributed by atoms with E-state index in [9.17, 15) is 9.59 Å². The third-order valence-electron chi connectivity index (χ3n) is 4.00. The van der Waals surface area contributed by atoms with Gasteiger partial charge in [0.25, 0.3) is 0 Å². The largest absolute Gasteiger partial charge is 0.350 e. The van der Waals surface area contributed by atoms with Gasteiger partial charge in [0.2, 0.25) is 11.8 Å². The molecule has 0 radical (unpaired) electrons. The van der Waals surface area contributed by atoms with E-state index in [-0.39, 0.29) is 11.8 Å². The number of rotatable bonds is 5. The number of nitrogens with zero attached hydrogens (tertiary/aromatic N) is 4. The van der Waals surface area contributed by atoms with Crippen LogP contribution in [0.25, 0.3) is 0 Å². The zero-order valence-electron chi connectivity index (χ0n) is 13.0. The molecule has 1 aromatic carbocycles. The Labute approximate surface area is 134 Å². The van der Waals surface area contributed by atoms with Crippen molar-refractivity contribution in [3.05, 3.63) is 42.5 Å². The van der Waals surface area contributed by atoms with Gasteiger partial charge in [-0.3, -0.25) is 9.59 Å². The zero-order valence-corrected chi connectivity index (χ0v) is 13.0. The maximum Gasteiger partial charge on any atom is 0.244 e. The molecule has 0 unspecified atom stereocenters. The maximum atomic E-state index is 12.1. The molecule has 2 aromatic rings. The highest BCUT2D eigenvalue weighted by Crippen LogP contribution is 2.21. The van der Waals surface area contributed by atoms with Gasteiger partial charge >= 0.3 is 0 Å². The smallest absolute Gasteiger partial charge is 0.244 e. The SMILES string of the molecule is C[C@H](C(=O)NCc1ccc(N2CCCC2=O)cc1)n1cncn1. The summed E-state index contributed by atoms with van der Waals surface area (Å²) in [7, 11) is 0. The minimum Gasteiger partial charge on any atom is -0.350 e. The number of hydrogen-bond acceptors (Lipinski definition) is 4. The summed E-state index contributed by atoms with van der Waals surface area (Å²) in [4.78, 5) is 29.4. The molecule has 2 amide bonds. The highest BCUT2D eigenvalue weighted by atomic mass is 16.2. The monoisotopic (exact) mass is 313 g/mol. The maximum absolute atomic E-state index is 12.1. The molecule has 1 atom stereocenters. The van der Waals surface area contributed by atoms with E-state index in [4.69, 9.17) is 0 Å². The van der Waals surface area contributed by atoms with E-state index in [1.807, 2.05) is 24.3 Å². The fourth-order valence-corrected chi connectivity index (χ4v) is 2.59. The predicted molar refractivity (Wildman–Crippen MR) is 84.6 cm³/mol. The summed E-state index contributed by atoms with van der Waals surface area (Å²) in [5, 5.41) is 6.84. The number of nitrogens with one attached hydrogen (secondary N) is 1. The second kappa shape index (κ2) is 6.60. The summed E-state index contributed by atoms with van der Waals surface area (Å²) in [6, 6.07) is 7.30. The van der Waals surface area contributed by atoms with Crippen LogP contribution in [0, 0.1) is 0 Å². The second-order valence-electron chi connectivity index (χ2n) is 5.58. The molecule has 1 aliphatic rings. The van der Waals surface area contributed by atoms with E-state index in [0.717, 1.165) is 24.2 Å². The van der Waals surface area contributed by atoms with Crippen LogP contribution in [0.4, 0.5) is 5.69 Å². The number of carbonyl (C=O) groups is 2. The van der Waals surface area contributed by atoms with E-state index in [0.29, 0.717) is 13.0 Å². The van der Waals surface area contributed by atoms with Crippen molar-refractivity contribution in [2.24, 2.45) is 0 Å². The van der Waals surface area contributed by atoms with Crippen molar-refractivity contribution in [1.29, 1.82) is 0 Å². The van der Waals surface area contributed by atoms with E-state index in [1.165, 1.54) is 17.3 Å². The molecular weight excluding hydrogens is 294 g/mol. The van der Waals surface area contributed by atoms with Crippen molar-refractivity contribution in [3.8, 4) is 0 Å². The van der Waals surface area contributed by atoms with E-state index in [1.54, 1.807) is 11.8 Å². The number of aromatic nitrogens is 3. The molecule has 7 nitrogen and oxygen atoms in total. The highest BCUT2D eigenvalue weighted by molar-refractivity contribution is 5.95. The lowest BCUT2D eigenvalue weighted by Gasteiger charge is -2.16. The van der Waals surface area contributed by atoms with Crippen LogP contribution >= 0.6 is 0 Å². The normalized spacial score (nSPS) is 15.7. The van der Waals surface area contributed by atoms with Gasteiger partial charge in [-0.2, -0.15) is 5.10 Å². The van der Waals surface area contributed by atoms with Gasteiger partial charge in [-0.25, -0.2) is 9.67 Å². The van der Waals surface area contributed by atoms with Crippen molar-refractivity contribution < 1.29 is 9.59 Å². The van der Waals surface area contributed by atoms with Crippen molar-refractivity contribution in [1.82, 2.24) is 20.1 Å². The Balaban J connectivity index is 1.56. The average molecular weight is 313 g/mol. The van der Waals surface area contributed by atoms with E-state index in [2.05, 4.69) is 15.4 Å². The Bertz CT molecular complexity index is 681. The molecule has 2 heterocycles. The summed E-state index contributed by atoms with van der Waals surface area (Å²) < 4.78 is 1.51. The Kier molecular flexibility index (Phi) is 4.36. The Morgan fingerprint density at radius 3 is 2.74 bits per heavy atom. The molecule has 1 saturated heterocycles. The number of amides is 2. The minimum absolute atomic E-state index is 0.116. The molecule has 1 N–H and O–H groups in total. The molecule has 120 valence electrons. The Hall–Kier alpha value is -2.70. The standard InChI is InChI=1S/C16H19N5O2/c1-12(21-11-17-10-19-21)16(23)18-9-13-4-6-14(7-5-13)20-8-2-3-15(20)22/h4-7,10-12H,2-3,8-9H2,1H3,(H,18,23)/t12-/m1/s1. The molecule has 0 spiro atoms. The van der Waals surface area contributed by atoms with Crippen molar-refractivity contribution in [3.63, 3.8) is 0 Å². The molecule has 7 heteroatoms. The zero-order chi connectivity index (χ0) is 16.2. The lowest BCUT2D eigenvalue weighted by molar-refractivity contribution is -0.124. The van der Waals surface area contributed by atoms with Crippen LogP contribution in [-0.4, -0.2) is 33.1 Å². The first kappa shape index (κ1) is 15.2. The topological polar surface area (TPSA) is 80.1 Å². The molecule has 0 saturated carbocycles. The Morgan fingerprint density at radius 2 is 2.13 bits per heavy atom. The lowest BCUT2D eigenvalue weighted by Crippen LogP contribution is -2.30. The fraction of sp³-hybridized carbons (Fsp3) is 0.375. The van der Waals surface area contributed by atoms with Crippen molar-refractivity contribution >= 4 is 17.5 Å². The van der Waals surface area contributed by atoms with Gasteiger partial charge in [0.05, 0.1) is 0 Å². The van der Waals surface area contributed by atoms with Crippen LogP contribution in [0.3, 0.4) is 0 Å². The molecule has 1 aromatic heterocycles. The van der Waals surface area contributed by atoms with Gasteiger partial charge in [0, 0.05) is 25.2 Å². The quantitative estimate of drug-likeness (QED) is 0.902.